The van der Waals surface area contributed by atoms with Crippen molar-refractivity contribution in [3.8, 4) is 5.75 Å². The number of benzene rings is 1. The maximum absolute atomic E-state index is 5.39. The number of hydrogen-bond donors (Lipinski definition) is 0. The van der Waals surface area contributed by atoms with E-state index in [2.05, 4.69) is 36.9 Å². The summed E-state index contributed by atoms with van der Waals surface area (Å²) in [6.45, 7) is 8.75. The van der Waals surface area contributed by atoms with E-state index in [1.54, 1.807) is 12.7 Å². The molecule has 2 nitrogen and oxygen atoms in total. The van der Waals surface area contributed by atoms with Crippen LogP contribution in [0.25, 0.3) is 0 Å². The highest BCUT2D eigenvalue weighted by molar-refractivity contribution is 5.85. The summed E-state index contributed by atoms with van der Waals surface area (Å²) in [4.78, 5) is 2.69. The number of halogens is 1. The number of methoxy groups -OCH3 is 1. The third-order valence-electron chi connectivity index (χ3n) is 6.28. The molecule has 0 saturated carbocycles. The molecule has 1 aliphatic heterocycles. The number of hydrogen-bond acceptors (Lipinski definition) is 2. The zero-order chi connectivity index (χ0) is 17.0. The van der Waals surface area contributed by atoms with Gasteiger partial charge >= 0.3 is 0 Å². The van der Waals surface area contributed by atoms with Crippen LogP contribution in [0.3, 0.4) is 0 Å². The molecule has 0 N–H and O–H groups in total. The molecule has 0 amide bonds. The van der Waals surface area contributed by atoms with Gasteiger partial charge in [0.05, 0.1) is 7.11 Å². The Balaban J connectivity index is 0.00000225. The number of ether oxygens (including phenoxy) is 1. The molecule has 25 heavy (non-hydrogen) atoms. The molecule has 3 heteroatoms. The van der Waals surface area contributed by atoms with Gasteiger partial charge in [0, 0.05) is 0 Å². The van der Waals surface area contributed by atoms with Crippen LogP contribution in [-0.2, 0) is 6.42 Å². The van der Waals surface area contributed by atoms with Gasteiger partial charge in [-0.1, -0.05) is 26.3 Å². The molecule has 0 spiro atoms. The molecule has 3 rings (SSSR count). The van der Waals surface area contributed by atoms with Crippen molar-refractivity contribution in [3.63, 3.8) is 0 Å². The normalized spacial score (nSPS) is 22.8. The van der Waals surface area contributed by atoms with Gasteiger partial charge in [-0.25, -0.2) is 0 Å². The Bertz CT molecular complexity index is 533. The molecule has 2 aliphatic rings. The summed E-state index contributed by atoms with van der Waals surface area (Å²) in [5.74, 6) is 1.79. The highest BCUT2D eigenvalue weighted by Gasteiger charge is 2.25. The minimum Gasteiger partial charge on any atom is -0.497 e. The van der Waals surface area contributed by atoms with Gasteiger partial charge in [0.25, 0.3) is 0 Å². The Morgan fingerprint density at radius 2 is 1.92 bits per heavy atom. The minimum atomic E-state index is 0. The molecule has 142 valence electrons. The number of likely N-dealkylation sites (tertiary alicyclic amines) is 1. The number of unbranched alkanes of at least 4 members (excludes halogenated alkanes) is 1. The SMILES string of the molecule is COc1ccc2c(c1)CCCC2CCCCN1CCC(C)(C)CC1.Cl. The topological polar surface area (TPSA) is 12.5 Å². The van der Waals surface area contributed by atoms with Crippen LogP contribution in [0.4, 0.5) is 0 Å². The maximum Gasteiger partial charge on any atom is 0.119 e. The van der Waals surface area contributed by atoms with Gasteiger partial charge < -0.3 is 9.64 Å². The van der Waals surface area contributed by atoms with Crippen molar-refractivity contribution in [2.75, 3.05) is 26.7 Å². The van der Waals surface area contributed by atoms with E-state index in [1.165, 1.54) is 76.6 Å². The molecular formula is C22H36ClNO. The molecule has 0 aromatic heterocycles. The van der Waals surface area contributed by atoms with Gasteiger partial charge in [-0.15, -0.1) is 12.4 Å². The van der Waals surface area contributed by atoms with Gasteiger partial charge in [-0.2, -0.15) is 0 Å². The molecule has 0 radical (unpaired) electrons. The Hall–Kier alpha value is -0.730. The molecule has 1 atom stereocenters. The fourth-order valence-electron chi connectivity index (χ4n) is 4.43. The second-order valence-electron chi connectivity index (χ2n) is 8.66. The number of rotatable bonds is 6. The fraction of sp³-hybridized carbons (Fsp3) is 0.727. The first kappa shape index (κ1) is 20.6. The lowest BCUT2D eigenvalue weighted by Crippen LogP contribution is -2.37. The van der Waals surface area contributed by atoms with Crippen molar-refractivity contribution >= 4 is 12.4 Å². The Morgan fingerprint density at radius 1 is 1.16 bits per heavy atom. The van der Waals surface area contributed by atoms with E-state index >= 15 is 0 Å². The van der Waals surface area contributed by atoms with Crippen molar-refractivity contribution in [1.29, 1.82) is 0 Å². The molecule has 1 saturated heterocycles. The van der Waals surface area contributed by atoms with Crippen LogP contribution in [0.15, 0.2) is 18.2 Å². The van der Waals surface area contributed by atoms with E-state index in [0.717, 1.165) is 11.7 Å². The first-order chi connectivity index (χ1) is 11.6. The van der Waals surface area contributed by atoms with Crippen LogP contribution in [-0.4, -0.2) is 31.6 Å². The summed E-state index contributed by atoms with van der Waals surface area (Å²) in [5, 5.41) is 0. The first-order valence-corrected chi connectivity index (χ1v) is 9.96. The van der Waals surface area contributed by atoms with Crippen molar-refractivity contribution in [3.05, 3.63) is 29.3 Å². The molecule has 1 aliphatic carbocycles. The highest BCUT2D eigenvalue weighted by Crippen LogP contribution is 2.37. The van der Waals surface area contributed by atoms with Crippen molar-refractivity contribution in [2.45, 2.75) is 71.1 Å². The number of fused-ring (bicyclic) bond motifs is 1. The van der Waals surface area contributed by atoms with E-state index < -0.39 is 0 Å². The number of nitrogens with zero attached hydrogens (tertiary/aromatic N) is 1. The highest BCUT2D eigenvalue weighted by atomic mass is 35.5. The van der Waals surface area contributed by atoms with Crippen LogP contribution in [0.5, 0.6) is 5.75 Å². The van der Waals surface area contributed by atoms with E-state index in [0.29, 0.717) is 5.41 Å². The Morgan fingerprint density at radius 3 is 2.64 bits per heavy atom. The smallest absolute Gasteiger partial charge is 0.119 e. The summed E-state index contributed by atoms with van der Waals surface area (Å²) >= 11 is 0. The average molecular weight is 366 g/mol. The molecule has 1 fully saturated rings. The maximum atomic E-state index is 5.39. The summed E-state index contributed by atoms with van der Waals surface area (Å²) in [6.07, 6.45) is 10.8. The Kier molecular flexibility index (Phi) is 7.64. The molecule has 0 bridgehead atoms. The molecular weight excluding hydrogens is 330 g/mol. The lowest BCUT2D eigenvalue weighted by Gasteiger charge is -2.37. The Labute approximate surface area is 160 Å². The van der Waals surface area contributed by atoms with Crippen LogP contribution >= 0.6 is 12.4 Å². The minimum absolute atomic E-state index is 0. The zero-order valence-corrected chi connectivity index (χ0v) is 17.2. The van der Waals surface area contributed by atoms with Gasteiger partial charge in [-0.3, -0.25) is 0 Å². The molecule has 1 aromatic carbocycles. The number of aryl methyl sites for hydroxylation is 1. The van der Waals surface area contributed by atoms with Crippen LogP contribution in [0.2, 0.25) is 0 Å². The quantitative estimate of drug-likeness (QED) is 0.588. The van der Waals surface area contributed by atoms with Gasteiger partial charge in [0.15, 0.2) is 0 Å². The summed E-state index contributed by atoms with van der Waals surface area (Å²) in [6, 6.07) is 6.73. The van der Waals surface area contributed by atoms with Crippen LogP contribution in [0, 0.1) is 5.41 Å². The second kappa shape index (κ2) is 9.28. The largest absolute Gasteiger partial charge is 0.497 e. The standard InChI is InChI=1S/C22H35NO.ClH/c1-22(2)12-15-23(16-13-22)14-5-4-7-18-8-6-9-19-17-20(24-3)10-11-21(18)19;/h10-11,17-18H,4-9,12-16H2,1-3H3;1H. The van der Waals surface area contributed by atoms with Gasteiger partial charge in [0.2, 0.25) is 0 Å². The van der Waals surface area contributed by atoms with E-state index in [9.17, 15) is 0 Å². The van der Waals surface area contributed by atoms with Gasteiger partial charge in [-0.05, 0) is 99.2 Å². The lowest BCUT2D eigenvalue weighted by atomic mass is 9.80. The predicted octanol–water partition coefficient (Wildman–Crippen LogP) is 5.83. The van der Waals surface area contributed by atoms with E-state index in [4.69, 9.17) is 4.74 Å². The molecule has 1 unspecified atom stereocenters. The fourth-order valence-corrected chi connectivity index (χ4v) is 4.43. The van der Waals surface area contributed by atoms with Crippen LogP contribution in [0.1, 0.15) is 75.8 Å². The van der Waals surface area contributed by atoms with Crippen molar-refractivity contribution in [2.24, 2.45) is 5.41 Å². The van der Waals surface area contributed by atoms with Crippen molar-refractivity contribution < 1.29 is 4.74 Å². The average Bonchev–Trinajstić information content (AvgIpc) is 2.59. The first-order valence-electron chi connectivity index (χ1n) is 9.96. The third kappa shape index (κ3) is 5.62. The third-order valence-corrected chi connectivity index (χ3v) is 6.28. The van der Waals surface area contributed by atoms with Crippen molar-refractivity contribution in [1.82, 2.24) is 4.90 Å². The lowest BCUT2D eigenvalue weighted by molar-refractivity contribution is 0.130. The number of piperidine rings is 1. The van der Waals surface area contributed by atoms with E-state index in [-0.39, 0.29) is 12.4 Å². The van der Waals surface area contributed by atoms with Crippen LogP contribution < -0.4 is 4.74 Å². The molecule has 1 aromatic rings. The predicted molar refractivity (Wildman–Crippen MR) is 109 cm³/mol. The molecule has 1 heterocycles. The van der Waals surface area contributed by atoms with Gasteiger partial charge in [0.1, 0.15) is 5.75 Å². The monoisotopic (exact) mass is 365 g/mol. The van der Waals surface area contributed by atoms with E-state index in [1.807, 2.05) is 0 Å². The zero-order valence-electron chi connectivity index (χ0n) is 16.4. The summed E-state index contributed by atoms with van der Waals surface area (Å²) in [7, 11) is 1.77. The summed E-state index contributed by atoms with van der Waals surface area (Å²) < 4.78 is 5.39. The summed E-state index contributed by atoms with van der Waals surface area (Å²) in [5.41, 5.74) is 3.70. The second-order valence-corrected chi connectivity index (χ2v) is 8.66.